The first kappa shape index (κ1) is 57.9. The fraction of sp³-hybridized carbons (Fsp3) is 0.559. The normalized spacial score (nSPS) is 29.7. The maximum Gasteiger partial charge on any atom is 0.490 e. The molecule has 5 aromatic heterocycles. The van der Waals surface area contributed by atoms with Gasteiger partial charge in [-0.05, 0) is 0 Å². The molecule has 3 aliphatic heterocycles. The van der Waals surface area contributed by atoms with Crippen LogP contribution in [0.3, 0.4) is 0 Å². The van der Waals surface area contributed by atoms with E-state index in [0.717, 1.165) is 36.6 Å². The van der Waals surface area contributed by atoms with E-state index >= 15 is 0 Å². The average Bonchev–Trinajstić information content (AvgIpc) is 4.19. The number of nitrogens with one attached hydrogen (secondary N) is 4. The van der Waals surface area contributed by atoms with E-state index in [-0.39, 0.29) is 34.1 Å². The minimum atomic E-state index is -6.24. The number of aryl methyl sites for hydroxylation is 1. The Morgan fingerprint density at radius 2 is 1.52 bits per heavy atom. The topological polar surface area (TPSA) is 551 Å². The standard InChI is InChI=1S/C34H48N14O25P4/c1-37-33(54)38-6-13-14(68-29(20(13)50)48-12-45(2)19-27(48)43-32(36)44-28(19)53)7-66-75(58,59)72-77(62,63)73-76(60,61)67-9-16-23(24(64-3)31(70-16)47-11-41-18-25(35)39-10-40-26(18)47)71-74(56,57)65-8-15-21(51)22(52)30(69-15)46-5-4-17(49)42-34(46)55/h4-5,10-16,20-24,29-31,50-52H,6-9H2,1-3H3,(H11-,35,36,37,38,39,40,42,43,44,49,53,54,55,56,57,58,59,60,61,62,63)/t13-,14-,15-,16-,20-,21-,22-,23-,24-,29-,30-,31-/m1/s1. The Balaban J connectivity index is 0.948. The number of urea groups is 1. The van der Waals surface area contributed by atoms with Crippen LogP contribution in [-0.2, 0) is 71.0 Å². The number of nitrogen functional groups attached to an aromatic ring is 2. The molecule has 3 aliphatic rings. The van der Waals surface area contributed by atoms with Crippen molar-refractivity contribution >= 4 is 71.4 Å². The van der Waals surface area contributed by atoms with Gasteiger partial charge < -0.3 is 85.0 Å². The van der Waals surface area contributed by atoms with Crippen molar-refractivity contribution in [3.8, 4) is 0 Å². The third-order valence-corrected chi connectivity index (χ3v) is 17.1. The number of aliphatic hydroxyl groups is 3. The van der Waals surface area contributed by atoms with Crippen LogP contribution >= 0.6 is 31.3 Å². The number of fused-ring (bicyclic) bond motifs is 2. The maximum absolute atomic E-state index is 13.5. The lowest BCUT2D eigenvalue weighted by Crippen LogP contribution is -2.47. The highest BCUT2D eigenvalue weighted by Crippen LogP contribution is 2.68. The average molecular weight is 1180 g/mol. The number of hydrogen-bond acceptors (Lipinski definition) is 28. The zero-order chi connectivity index (χ0) is 56.1. The first-order valence-electron chi connectivity index (χ1n) is 22.0. The van der Waals surface area contributed by atoms with E-state index in [9.17, 15) is 72.3 Å². The molecule has 424 valence electrons. The van der Waals surface area contributed by atoms with Crippen molar-refractivity contribution in [3.05, 3.63) is 62.4 Å². The van der Waals surface area contributed by atoms with Crippen LogP contribution in [0, 0.1) is 5.92 Å². The monoisotopic (exact) mass is 1180 g/mol. The third-order valence-electron chi connectivity index (χ3n) is 11.9. The maximum atomic E-state index is 13.5. The number of carbonyl (C=O) groups excluding carboxylic acids is 1. The lowest BCUT2D eigenvalue weighted by atomic mass is 9.98. The van der Waals surface area contributed by atoms with Crippen LogP contribution in [0.4, 0.5) is 16.6 Å². The van der Waals surface area contributed by atoms with Gasteiger partial charge in [0.25, 0.3) is 24.9 Å². The van der Waals surface area contributed by atoms with E-state index in [0.29, 0.717) is 4.57 Å². The number of rotatable bonds is 21. The summed E-state index contributed by atoms with van der Waals surface area (Å²) in [5.74, 6) is -1.62. The molecule has 0 saturated carbocycles. The zero-order valence-corrected chi connectivity index (χ0v) is 43.2. The number of aromatic amines is 2. The van der Waals surface area contributed by atoms with Gasteiger partial charge in [-0.3, -0.25) is 46.9 Å². The Morgan fingerprint density at radius 3 is 2.18 bits per heavy atom. The number of phosphoric ester groups is 3. The second-order valence-electron chi connectivity index (χ2n) is 16.8. The molecule has 0 aromatic carbocycles. The quantitative estimate of drug-likeness (QED) is 0.0241. The molecular weight excluding hydrogens is 1130 g/mol. The highest BCUT2D eigenvalue weighted by Gasteiger charge is 2.53. The molecule has 5 aromatic rings. The summed E-state index contributed by atoms with van der Waals surface area (Å²) in [4.78, 5) is 114. The summed E-state index contributed by atoms with van der Waals surface area (Å²) in [5, 5.41) is 37.4. The molecular formula is C34H48N14O25P4. The summed E-state index contributed by atoms with van der Waals surface area (Å²) in [6, 6.07) is 0.180. The molecule has 0 aliphatic carbocycles. The second kappa shape index (κ2) is 22.4. The number of hydrogen-bond donors (Lipinski definition) is 12. The van der Waals surface area contributed by atoms with Gasteiger partial charge in [-0.1, -0.05) is 4.98 Å². The first-order valence-corrected chi connectivity index (χ1v) is 27.9. The second-order valence-corrected chi connectivity index (χ2v) is 22.8. The van der Waals surface area contributed by atoms with Gasteiger partial charge >= 0.3 is 40.8 Å². The number of phosphoric acid groups is 4. The van der Waals surface area contributed by atoms with Crippen LogP contribution in [0.2, 0.25) is 0 Å². The fourth-order valence-corrected chi connectivity index (χ4v) is 12.9. The van der Waals surface area contributed by atoms with Crippen LogP contribution in [0.1, 0.15) is 18.7 Å². The molecule has 77 heavy (non-hydrogen) atoms. The van der Waals surface area contributed by atoms with E-state index in [4.69, 9.17) is 48.5 Å². The number of H-pyrrole nitrogens is 2. The van der Waals surface area contributed by atoms with Crippen molar-refractivity contribution in [2.45, 2.75) is 67.5 Å². The molecule has 14 N–H and O–H groups in total. The van der Waals surface area contributed by atoms with Gasteiger partial charge in [0.15, 0.2) is 30.2 Å². The highest BCUT2D eigenvalue weighted by atomic mass is 31.3. The Hall–Kier alpha value is -5.31. The number of imidazole rings is 2. The van der Waals surface area contributed by atoms with E-state index < -0.39 is 154 Å². The van der Waals surface area contributed by atoms with Crippen molar-refractivity contribution in [1.29, 1.82) is 0 Å². The van der Waals surface area contributed by atoms with Gasteiger partial charge in [0.2, 0.25) is 11.7 Å². The number of amides is 2. The van der Waals surface area contributed by atoms with Gasteiger partial charge in [-0.15, -0.1) is 0 Å². The van der Waals surface area contributed by atoms with Crippen molar-refractivity contribution in [2.75, 3.05) is 52.0 Å². The van der Waals surface area contributed by atoms with Crippen LogP contribution in [0.15, 0.2) is 45.6 Å². The summed E-state index contributed by atoms with van der Waals surface area (Å²) in [5.41, 5.74) is 9.06. The first-order chi connectivity index (χ1) is 36.1. The van der Waals surface area contributed by atoms with Crippen molar-refractivity contribution < 1.29 is 108 Å². The number of ether oxygens (including phenoxy) is 4. The van der Waals surface area contributed by atoms with Crippen LogP contribution in [0.5, 0.6) is 0 Å². The molecule has 0 spiro atoms. The van der Waals surface area contributed by atoms with E-state index in [2.05, 4.69) is 44.2 Å². The van der Waals surface area contributed by atoms with Gasteiger partial charge in [0, 0.05) is 38.9 Å². The number of nitrogens with two attached hydrogens (primary N) is 2. The highest BCUT2D eigenvalue weighted by molar-refractivity contribution is 7.66. The number of nitrogens with zero attached hydrogens (tertiary/aromatic N) is 8. The molecule has 0 bridgehead atoms. The predicted molar refractivity (Wildman–Crippen MR) is 245 cm³/mol. The minimum absolute atomic E-state index is 0.0137. The summed E-state index contributed by atoms with van der Waals surface area (Å²) in [6.07, 6.45) is -14.2. The largest absolute Gasteiger partial charge is 0.756 e. The summed E-state index contributed by atoms with van der Waals surface area (Å²) >= 11 is 0. The lowest BCUT2D eigenvalue weighted by molar-refractivity contribution is -0.745. The number of aromatic nitrogens is 10. The van der Waals surface area contributed by atoms with E-state index in [1.54, 1.807) is 0 Å². The minimum Gasteiger partial charge on any atom is -0.756 e. The molecule has 3 saturated heterocycles. The number of methoxy groups -OCH3 is 1. The number of aliphatic hydroxyl groups excluding tert-OH is 3. The van der Waals surface area contributed by atoms with Crippen molar-refractivity contribution in [3.63, 3.8) is 0 Å². The Labute approximate surface area is 428 Å². The number of carbonyl (C=O) groups is 1. The Morgan fingerprint density at radius 1 is 0.857 bits per heavy atom. The molecule has 4 unspecified atom stereocenters. The molecule has 16 atom stereocenters. The molecule has 8 heterocycles. The number of anilines is 2. The summed E-state index contributed by atoms with van der Waals surface area (Å²) in [6.45, 7) is -3.85. The SMILES string of the molecule is CNC(=O)NC[C@H]1[C@@H](O)[C@H]([n+]2cn(C)c3c(=O)[nH]c(N)nc32)O[C@@H]1COP(=O)(O)OP(=O)(O)OP(=O)(O)OC[C@H]1O[C@@H](n2cnc3c(N)ncnc32)[C@H](OC)[C@@H]1OP(=O)([O-])OC[C@H]1O[C@@H](n2ccc(=O)[nH]c2=O)[C@H](O)[C@@H]1O. The van der Waals surface area contributed by atoms with E-state index in [1.807, 2.05) is 4.98 Å². The lowest BCUT2D eigenvalue weighted by Gasteiger charge is -2.31. The van der Waals surface area contributed by atoms with Gasteiger partial charge in [-0.25, -0.2) is 42.8 Å². The zero-order valence-electron chi connectivity index (χ0n) is 39.6. The Bertz CT molecular complexity index is 3400. The predicted octanol–water partition coefficient (Wildman–Crippen LogP) is -5.32. The molecule has 8 rings (SSSR count). The Kier molecular flexibility index (Phi) is 16.9. The smallest absolute Gasteiger partial charge is 0.490 e. The molecule has 0 radical (unpaired) electrons. The molecule has 3 fully saturated rings. The fourth-order valence-electron chi connectivity index (χ4n) is 8.42. The van der Waals surface area contributed by atoms with Crippen molar-refractivity contribution in [1.82, 2.24) is 54.2 Å². The van der Waals surface area contributed by atoms with Crippen LogP contribution < -0.4 is 48.4 Å². The summed E-state index contributed by atoms with van der Waals surface area (Å²) in [7, 11) is -20.0. The third kappa shape index (κ3) is 12.6. The van der Waals surface area contributed by atoms with Crippen molar-refractivity contribution in [2.24, 2.45) is 13.0 Å². The van der Waals surface area contributed by atoms with Crippen LogP contribution in [0.25, 0.3) is 22.3 Å². The summed E-state index contributed by atoms with van der Waals surface area (Å²) < 4.78 is 109. The van der Waals surface area contributed by atoms with Gasteiger partial charge in [0.05, 0.1) is 39.3 Å². The molecule has 43 heteroatoms. The molecule has 39 nitrogen and oxygen atoms in total. The molecule has 2 amide bonds. The van der Waals surface area contributed by atoms with Gasteiger partial charge in [0.1, 0.15) is 54.6 Å². The van der Waals surface area contributed by atoms with Gasteiger partial charge in [-0.2, -0.15) is 8.62 Å². The van der Waals surface area contributed by atoms with Crippen LogP contribution in [-0.4, -0.2) is 169 Å². The van der Waals surface area contributed by atoms with E-state index in [1.165, 1.54) is 29.6 Å².